The molecule has 8 heteroatoms. The Morgan fingerprint density at radius 3 is 0.344 bits per heavy atom. The summed E-state index contributed by atoms with van der Waals surface area (Å²) in [6, 6.07) is 0. The Kier molecular flexibility index (Phi) is 38.2. The smallest absolute Gasteiger partial charge is 0.850 e. The van der Waals surface area contributed by atoms with E-state index in [9.17, 15) is 5.11 Å². The molecule has 0 aromatic heterocycles. The van der Waals surface area contributed by atoms with Gasteiger partial charge in [-0.25, -0.2) is 0 Å². The summed E-state index contributed by atoms with van der Waals surface area (Å²) in [5, 5.41) is 52.7. The standard InChI is InChI=1S/5C4H10O.C4H9O.Li.Ta/c6*1-4(2,3)5;;/h5*5H,1-3H3;1-3H3;;/q;;;;;-1;+1;. The van der Waals surface area contributed by atoms with Gasteiger partial charge in [-0.15, -0.1) is 5.60 Å². The van der Waals surface area contributed by atoms with Crippen molar-refractivity contribution in [1.82, 2.24) is 0 Å². The molecule has 0 bridgehead atoms. The van der Waals surface area contributed by atoms with Crippen LogP contribution in [0.3, 0.4) is 0 Å². The second-order valence-electron chi connectivity index (χ2n) is 13.0. The molecule has 0 rings (SSSR count). The van der Waals surface area contributed by atoms with Gasteiger partial charge >= 0.3 is 18.9 Å². The fourth-order valence-corrected chi connectivity index (χ4v) is 0. The van der Waals surface area contributed by atoms with Crippen LogP contribution in [0.25, 0.3) is 0 Å². The molecule has 0 saturated carbocycles. The molecule has 0 aliphatic heterocycles. The van der Waals surface area contributed by atoms with Gasteiger partial charge in [0.25, 0.3) is 0 Å². The molecule has 0 fully saturated rings. The van der Waals surface area contributed by atoms with Crippen molar-refractivity contribution in [1.29, 1.82) is 0 Å². The Bertz CT molecular complexity index is 221. The van der Waals surface area contributed by atoms with Gasteiger partial charge in [-0.1, -0.05) is 20.8 Å². The molecule has 5 N–H and O–H groups in total. The van der Waals surface area contributed by atoms with E-state index in [1.54, 1.807) is 125 Å². The molecule has 0 spiro atoms. The Hall–Kier alpha value is 1.10. The van der Waals surface area contributed by atoms with Crippen LogP contribution in [0, 0.1) is 0 Å². The molecule has 0 aliphatic rings. The van der Waals surface area contributed by atoms with Crippen LogP contribution >= 0.6 is 0 Å². The predicted molar refractivity (Wildman–Crippen MR) is 130 cm³/mol. The van der Waals surface area contributed by atoms with Gasteiger partial charge in [0.05, 0.1) is 28.0 Å². The zero-order valence-electron chi connectivity index (χ0n) is 25.1. The van der Waals surface area contributed by atoms with Crippen molar-refractivity contribution in [3.63, 3.8) is 0 Å². The average molecular weight is 632 g/mol. The van der Waals surface area contributed by atoms with Gasteiger partial charge in [0.1, 0.15) is 0 Å². The van der Waals surface area contributed by atoms with E-state index < -0.39 is 33.6 Å². The summed E-state index contributed by atoms with van der Waals surface area (Å²) < 4.78 is 0. The SMILES string of the molecule is CC(C)(C)O.CC(C)(C)O.CC(C)(C)O.CC(C)(C)O.CC(C)(C)O.CC(C)(C)[O-].[Li+].[Ta]. The van der Waals surface area contributed by atoms with Gasteiger partial charge < -0.3 is 30.6 Å². The third-order valence-corrected chi connectivity index (χ3v) is 0. The molecule has 6 nitrogen and oxygen atoms in total. The van der Waals surface area contributed by atoms with E-state index in [1.807, 2.05) is 0 Å². The zero-order valence-corrected chi connectivity index (χ0v) is 28.3. The van der Waals surface area contributed by atoms with Crippen LogP contribution in [0.1, 0.15) is 125 Å². The summed E-state index contributed by atoms with van der Waals surface area (Å²) in [5.74, 6) is 0. The molecule has 0 saturated heterocycles. The van der Waals surface area contributed by atoms with Crippen LogP contribution in [0.2, 0.25) is 0 Å². The van der Waals surface area contributed by atoms with E-state index >= 15 is 0 Å². The minimum Gasteiger partial charge on any atom is -0.850 e. The molecular formula is C24H59LiO6Ta. The van der Waals surface area contributed by atoms with E-state index in [-0.39, 0.29) is 41.2 Å². The van der Waals surface area contributed by atoms with E-state index in [2.05, 4.69) is 0 Å². The van der Waals surface area contributed by atoms with Crippen molar-refractivity contribution < 1.29 is 71.9 Å². The van der Waals surface area contributed by atoms with Crippen LogP contribution in [0.4, 0.5) is 0 Å². The number of aliphatic hydroxyl groups is 5. The maximum absolute atomic E-state index is 10.1. The molecule has 197 valence electrons. The van der Waals surface area contributed by atoms with Crippen molar-refractivity contribution in [2.24, 2.45) is 0 Å². The van der Waals surface area contributed by atoms with E-state index in [4.69, 9.17) is 25.5 Å². The summed E-state index contributed by atoms with van der Waals surface area (Å²) in [4.78, 5) is 0. The first-order valence-electron chi connectivity index (χ1n) is 10.3. The molecule has 0 aromatic rings. The molecule has 0 heterocycles. The van der Waals surface area contributed by atoms with Gasteiger partial charge in [-0.05, 0) is 104 Å². The van der Waals surface area contributed by atoms with Crippen LogP contribution in [0.5, 0.6) is 0 Å². The first-order valence-corrected chi connectivity index (χ1v) is 10.3. The Morgan fingerprint density at radius 2 is 0.344 bits per heavy atom. The number of hydrogen-bond acceptors (Lipinski definition) is 6. The molecule has 0 unspecified atom stereocenters. The molecule has 32 heavy (non-hydrogen) atoms. The summed E-state index contributed by atoms with van der Waals surface area (Å²) in [6.07, 6.45) is 0. The Labute approximate surface area is 229 Å². The second-order valence-corrected chi connectivity index (χ2v) is 13.0. The van der Waals surface area contributed by atoms with Crippen molar-refractivity contribution in [2.45, 2.75) is 158 Å². The van der Waals surface area contributed by atoms with Crippen molar-refractivity contribution >= 4 is 0 Å². The third kappa shape index (κ3) is 23400. The minimum atomic E-state index is -0.750. The number of rotatable bonds is 0. The molecule has 0 aliphatic carbocycles. The first kappa shape index (κ1) is 54.1. The van der Waals surface area contributed by atoms with Gasteiger partial charge in [0, 0.05) is 22.4 Å². The summed E-state index contributed by atoms with van der Waals surface area (Å²) in [5.41, 5.74) is -3.25. The quantitative estimate of drug-likeness (QED) is 0.255. The van der Waals surface area contributed by atoms with Crippen LogP contribution in [0.15, 0.2) is 0 Å². The normalized spacial score (nSPS) is 11.2. The van der Waals surface area contributed by atoms with Gasteiger partial charge in [0.15, 0.2) is 0 Å². The molecule has 0 atom stereocenters. The van der Waals surface area contributed by atoms with Crippen molar-refractivity contribution in [3.05, 3.63) is 0 Å². The van der Waals surface area contributed by atoms with E-state index in [1.165, 1.54) is 0 Å². The van der Waals surface area contributed by atoms with Crippen LogP contribution in [-0.2, 0) is 22.4 Å². The minimum absolute atomic E-state index is 0. The predicted octanol–water partition coefficient (Wildman–Crippen LogP) is 1.03. The third-order valence-electron chi connectivity index (χ3n) is 0. The topological polar surface area (TPSA) is 124 Å². The van der Waals surface area contributed by atoms with Crippen molar-refractivity contribution in [2.75, 3.05) is 0 Å². The summed E-state index contributed by atoms with van der Waals surface area (Å²) >= 11 is 0. The summed E-state index contributed by atoms with van der Waals surface area (Å²) in [7, 11) is 0. The largest absolute Gasteiger partial charge is 1.00 e. The fourth-order valence-electron chi connectivity index (χ4n) is 0. The second kappa shape index (κ2) is 22.6. The number of hydrogen-bond donors (Lipinski definition) is 5. The average Bonchev–Trinajstić information content (AvgIpc) is 1.94. The van der Waals surface area contributed by atoms with E-state index in [0.29, 0.717) is 0 Å². The first-order chi connectivity index (χ1) is 12.0. The monoisotopic (exact) mass is 631 g/mol. The summed E-state index contributed by atoms with van der Waals surface area (Å²) in [6.45, 7) is 31.0. The van der Waals surface area contributed by atoms with Gasteiger partial charge in [0.2, 0.25) is 0 Å². The fraction of sp³-hybridized carbons (Fsp3) is 1.00. The Morgan fingerprint density at radius 1 is 0.344 bits per heavy atom. The Balaban J connectivity index is -0.0000000356. The zero-order chi connectivity index (χ0) is 27.0. The van der Waals surface area contributed by atoms with E-state index in [0.717, 1.165) is 0 Å². The van der Waals surface area contributed by atoms with Crippen LogP contribution < -0.4 is 24.0 Å². The van der Waals surface area contributed by atoms with Gasteiger partial charge in [-0.2, -0.15) is 0 Å². The molecule has 0 amide bonds. The molecule has 0 aromatic carbocycles. The molecule has 1 radical (unpaired) electrons. The maximum atomic E-state index is 10.1. The van der Waals surface area contributed by atoms with Crippen molar-refractivity contribution in [3.8, 4) is 0 Å². The van der Waals surface area contributed by atoms with Gasteiger partial charge in [-0.3, -0.25) is 0 Å². The molecular weight excluding hydrogens is 572 g/mol. The van der Waals surface area contributed by atoms with Crippen LogP contribution in [-0.4, -0.2) is 59.1 Å². The maximum Gasteiger partial charge on any atom is 1.00 e.